The van der Waals surface area contributed by atoms with E-state index in [9.17, 15) is 15.4 Å². The third kappa shape index (κ3) is 4.63. The highest BCUT2D eigenvalue weighted by molar-refractivity contribution is 7.11. The maximum Gasteiger partial charge on any atom is 0.311 e. The van der Waals surface area contributed by atoms with Crippen LogP contribution in [0, 0.1) is 28.4 Å². The van der Waals surface area contributed by atoms with Crippen LogP contribution in [0.2, 0.25) is 0 Å². The number of anilines is 1. The van der Waals surface area contributed by atoms with Gasteiger partial charge in [-0.05, 0) is 30.7 Å². The summed E-state index contributed by atoms with van der Waals surface area (Å²) >= 11 is 1.33. The van der Waals surface area contributed by atoms with Crippen LogP contribution in [-0.2, 0) is 0 Å². The van der Waals surface area contributed by atoms with Crippen LogP contribution in [0.15, 0.2) is 41.9 Å². The molecule has 1 aromatic heterocycles. The summed E-state index contributed by atoms with van der Waals surface area (Å²) < 4.78 is 15.7. The number of ether oxygens (including phenoxy) is 3. The van der Waals surface area contributed by atoms with Gasteiger partial charge in [-0.15, -0.1) is 11.3 Å². The van der Waals surface area contributed by atoms with Crippen LogP contribution in [0.25, 0.3) is 16.8 Å². The molecule has 0 aliphatic heterocycles. The normalized spacial score (nSPS) is 10.9. The molecule has 1 heterocycles. The number of methoxy groups -OCH3 is 3. The van der Waals surface area contributed by atoms with E-state index in [1.54, 1.807) is 27.2 Å². The summed E-state index contributed by atoms with van der Waals surface area (Å²) in [6.45, 7) is 1.73. The van der Waals surface area contributed by atoms with Crippen molar-refractivity contribution in [3.63, 3.8) is 0 Å². The Kier molecular flexibility index (Phi) is 6.92. The number of allylic oxidation sites excluding steroid dienone is 1. The van der Waals surface area contributed by atoms with Gasteiger partial charge in [0.15, 0.2) is 17.2 Å². The summed E-state index contributed by atoms with van der Waals surface area (Å²) in [4.78, 5) is 15.2. The van der Waals surface area contributed by atoms with E-state index in [0.717, 1.165) is 5.56 Å². The first-order chi connectivity index (χ1) is 15.4. The Morgan fingerprint density at radius 3 is 2.50 bits per heavy atom. The van der Waals surface area contributed by atoms with E-state index in [-0.39, 0.29) is 11.4 Å². The average molecular weight is 452 g/mol. The molecule has 0 aliphatic carbocycles. The van der Waals surface area contributed by atoms with E-state index in [1.165, 1.54) is 36.8 Å². The second kappa shape index (κ2) is 9.80. The number of hydrogen-bond acceptors (Lipinski definition) is 9. The van der Waals surface area contributed by atoms with Gasteiger partial charge in [-0.1, -0.05) is 0 Å². The Labute approximate surface area is 188 Å². The fourth-order valence-electron chi connectivity index (χ4n) is 2.95. The lowest BCUT2D eigenvalue weighted by Crippen LogP contribution is -1.99. The second-order valence-corrected chi connectivity index (χ2v) is 7.38. The van der Waals surface area contributed by atoms with Gasteiger partial charge in [-0.2, -0.15) is 5.26 Å². The molecule has 1 N–H and O–H groups in total. The maximum absolute atomic E-state index is 11.2. The lowest BCUT2D eigenvalue weighted by Gasteiger charge is -2.09. The van der Waals surface area contributed by atoms with Crippen molar-refractivity contribution in [3.05, 3.63) is 62.6 Å². The first kappa shape index (κ1) is 22.6. The van der Waals surface area contributed by atoms with Gasteiger partial charge < -0.3 is 19.5 Å². The van der Waals surface area contributed by atoms with Crippen molar-refractivity contribution >= 4 is 28.3 Å². The fraction of sp³-hybridized carbons (Fsp3) is 0.182. The van der Waals surface area contributed by atoms with Crippen LogP contribution < -0.4 is 19.5 Å². The van der Waals surface area contributed by atoms with Gasteiger partial charge in [0.2, 0.25) is 0 Å². The van der Waals surface area contributed by atoms with Gasteiger partial charge in [-0.25, -0.2) is 4.98 Å². The van der Waals surface area contributed by atoms with Gasteiger partial charge >= 0.3 is 5.69 Å². The number of rotatable bonds is 8. The fourth-order valence-corrected chi connectivity index (χ4v) is 3.75. The number of aromatic nitrogens is 1. The molecule has 0 bridgehead atoms. The zero-order valence-electron chi connectivity index (χ0n) is 17.8. The number of nitro benzene ring substituents is 1. The molecule has 0 amide bonds. The zero-order chi connectivity index (χ0) is 23.3. The van der Waals surface area contributed by atoms with Crippen LogP contribution in [0.5, 0.6) is 17.2 Å². The summed E-state index contributed by atoms with van der Waals surface area (Å²) in [5.74, 6) is 1.32. The van der Waals surface area contributed by atoms with E-state index < -0.39 is 4.92 Å². The minimum Gasteiger partial charge on any atom is -0.493 e. The number of nitro groups is 1. The molecule has 0 atom stereocenters. The van der Waals surface area contributed by atoms with E-state index >= 15 is 0 Å². The van der Waals surface area contributed by atoms with Crippen molar-refractivity contribution in [1.29, 1.82) is 5.26 Å². The van der Waals surface area contributed by atoms with Gasteiger partial charge in [0.05, 0.1) is 31.9 Å². The third-order valence-corrected chi connectivity index (χ3v) is 5.50. The summed E-state index contributed by atoms with van der Waals surface area (Å²) in [5, 5.41) is 26.2. The Hall–Kier alpha value is -4.10. The van der Waals surface area contributed by atoms with Crippen molar-refractivity contribution in [2.45, 2.75) is 6.92 Å². The quantitative estimate of drug-likeness (QED) is 0.287. The second-order valence-electron chi connectivity index (χ2n) is 6.52. The van der Waals surface area contributed by atoms with E-state index in [2.05, 4.69) is 16.4 Å². The van der Waals surface area contributed by atoms with Crippen molar-refractivity contribution in [2.24, 2.45) is 0 Å². The Morgan fingerprint density at radius 2 is 1.88 bits per heavy atom. The third-order valence-electron chi connectivity index (χ3n) is 4.63. The van der Waals surface area contributed by atoms with Crippen molar-refractivity contribution < 1.29 is 19.1 Å². The smallest absolute Gasteiger partial charge is 0.311 e. The molecule has 0 fully saturated rings. The van der Waals surface area contributed by atoms with E-state index in [1.807, 2.05) is 17.5 Å². The van der Waals surface area contributed by atoms with Gasteiger partial charge in [0.25, 0.3) is 0 Å². The molecule has 2 aromatic carbocycles. The highest BCUT2D eigenvalue weighted by Crippen LogP contribution is 2.35. The lowest BCUT2D eigenvalue weighted by atomic mass is 10.1. The number of benzene rings is 2. The summed E-state index contributed by atoms with van der Waals surface area (Å²) in [5.41, 5.74) is 2.93. The molecule has 9 nitrogen and oxygen atoms in total. The molecule has 32 heavy (non-hydrogen) atoms. The molecule has 0 spiro atoms. The van der Waals surface area contributed by atoms with Gasteiger partial charge in [0.1, 0.15) is 16.6 Å². The first-order valence-electron chi connectivity index (χ1n) is 9.30. The predicted molar refractivity (Wildman–Crippen MR) is 122 cm³/mol. The van der Waals surface area contributed by atoms with E-state index in [0.29, 0.717) is 39.0 Å². The zero-order valence-corrected chi connectivity index (χ0v) is 18.6. The van der Waals surface area contributed by atoms with Crippen LogP contribution in [0.4, 0.5) is 11.4 Å². The maximum atomic E-state index is 11.2. The van der Waals surface area contributed by atoms with E-state index in [4.69, 9.17) is 14.2 Å². The Morgan fingerprint density at radius 1 is 1.16 bits per heavy atom. The molecule has 3 aromatic rings. The number of nitriles is 1. The molecule has 0 saturated heterocycles. The SMILES string of the molecule is COc1ccc(-c2csc(C(C#N)=CNc3cc(OC)c([N+](=O)[O-])cc3C)n2)cc1OC. The number of aryl methyl sites for hydroxylation is 1. The molecule has 10 heteroatoms. The number of hydrogen-bond donors (Lipinski definition) is 1. The largest absolute Gasteiger partial charge is 0.493 e. The van der Waals surface area contributed by atoms with Crippen molar-refractivity contribution in [1.82, 2.24) is 4.98 Å². The molecular weight excluding hydrogens is 432 g/mol. The summed E-state index contributed by atoms with van der Waals surface area (Å²) in [6.07, 6.45) is 1.52. The highest BCUT2D eigenvalue weighted by atomic mass is 32.1. The van der Waals surface area contributed by atoms with Gasteiger partial charge in [-0.3, -0.25) is 10.1 Å². The van der Waals surface area contributed by atoms with Crippen LogP contribution in [0.3, 0.4) is 0 Å². The Balaban J connectivity index is 1.88. The number of nitrogens with zero attached hydrogens (tertiary/aromatic N) is 3. The Bertz CT molecular complexity index is 1230. The topological polar surface area (TPSA) is 120 Å². The first-order valence-corrected chi connectivity index (χ1v) is 10.2. The van der Waals surface area contributed by atoms with Crippen LogP contribution >= 0.6 is 11.3 Å². The minimum absolute atomic E-state index is 0.125. The van der Waals surface area contributed by atoms with Gasteiger partial charge in [0, 0.05) is 35.0 Å². The molecule has 0 unspecified atom stereocenters. The monoisotopic (exact) mass is 452 g/mol. The summed E-state index contributed by atoms with van der Waals surface area (Å²) in [7, 11) is 4.49. The average Bonchev–Trinajstić information content (AvgIpc) is 3.29. The molecule has 0 aliphatic rings. The molecule has 0 radical (unpaired) electrons. The van der Waals surface area contributed by atoms with Crippen molar-refractivity contribution in [2.75, 3.05) is 26.6 Å². The molecule has 0 saturated carbocycles. The number of thiazole rings is 1. The van der Waals surface area contributed by atoms with Crippen LogP contribution in [0.1, 0.15) is 10.6 Å². The van der Waals surface area contributed by atoms with Crippen molar-refractivity contribution in [3.8, 4) is 34.6 Å². The minimum atomic E-state index is -0.503. The molecular formula is C22H20N4O5S. The number of nitrogens with one attached hydrogen (secondary N) is 1. The van der Waals surface area contributed by atoms with Crippen LogP contribution in [-0.4, -0.2) is 31.2 Å². The standard InChI is InChI=1S/C22H20N4O5S/c1-13-7-18(26(27)28)20(30-3)9-16(13)24-11-15(10-23)22-25-17(12-32-22)14-5-6-19(29-2)21(8-14)31-4/h5-9,11-12,24H,1-4H3. The lowest BCUT2D eigenvalue weighted by molar-refractivity contribution is -0.385. The molecule has 3 rings (SSSR count). The predicted octanol–water partition coefficient (Wildman–Crippen LogP) is 5.03. The molecule has 164 valence electrons. The highest BCUT2D eigenvalue weighted by Gasteiger charge is 2.17. The summed E-state index contributed by atoms with van der Waals surface area (Å²) in [6, 6.07) is 10.5.